The molecule has 3 aromatic rings. The lowest BCUT2D eigenvalue weighted by Gasteiger charge is -1.98. The van der Waals surface area contributed by atoms with Gasteiger partial charge >= 0.3 is 0 Å². The molecule has 0 unspecified atom stereocenters. The smallest absolute Gasteiger partial charge is 0.280 e. The van der Waals surface area contributed by atoms with Crippen LogP contribution in [-0.4, -0.2) is 33.6 Å². The molecule has 0 fully saturated rings. The summed E-state index contributed by atoms with van der Waals surface area (Å²) in [4.78, 5) is 16.2. The third-order valence-electron chi connectivity index (χ3n) is 2.89. The molecule has 3 heterocycles. The van der Waals surface area contributed by atoms with Gasteiger partial charge in [-0.15, -0.1) is 0 Å². The molecular formula is C13H12ClN5OS. The molecular weight excluding hydrogens is 310 g/mol. The molecule has 0 atom stereocenters. The van der Waals surface area contributed by atoms with Gasteiger partial charge in [0.15, 0.2) is 5.01 Å². The van der Waals surface area contributed by atoms with E-state index in [0.29, 0.717) is 28.1 Å². The van der Waals surface area contributed by atoms with Gasteiger partial charge in [0.1, 0.15) is 10.0 Å². The van der Waals surface area contributed by atoms with Crippen LogP contribution in [0.1, 0.15) is 9.80 Å². The van der Waals surface area contributed by atoms with Crippen molar-refractivity contribution in [2.45, 2.75) is 0 Å². The summed E-state index contributed by atoms with van der Waals surface area (Å²) in [6.07, 6.45) is 3.53. The number of thiazole rings is 1. The molecule has 3 rings (SSSR count). The van der Waals surface area contributed by atoms with Gasteiger partial charge in [-0.3, -0.25) is 4.79 Å². The van der Waals surface area contributed by atoms with Gasteiger partial charge in [-0.05, 0) is 12.1 Å². The first-order chi connectivity index (χ1) is 10.2. The summed E-state index contributed by atoms with van der Waals surface area (Å²) in [7, 11) is 0. The molecule has 0 aliphatic heterocycles. The Balaban J connectivity index is 2.00. The van der Waals surface area contributed by atoms with E-state index in [9.17, 15) is 4.79 Å². The van der Waals surface area contributed by atoms with Crippen LogP contribution in [0, 0.1) is 0 Å². The van der Waals surface area contributed by atoms with E-state index in [-0.39, 0.29) is 5.91 Å². The number of aromatic nitrogens is 3. The Hall–Kier alpha value is -1.96. The van der Waals surface area contributed by atoms with Crippen molar-refractivity contribution >= 4 is 34.4 Å². The maximum Gasteiger partial charge on any atom is 0.280 e. The molecule has 0 aliphatic rings. The van der Waals surface area contributed by atoms with Gasteiger partial charge in [-0.1, -0.05) is 29.0 Å². The van der Waals surface area contributed by atoms with Gasteiger partial charge in [-0.25, -0.2) is 9.50 Å². The number of nitrogens with zero attached hydrogens (tertiary/aromatic N) is 3. The van der Waals surface area contributed by atoms with Crippen LogP contribution in [-0.2, 0) is 0 Å². The van der Waals surface area contributed by atoms with Crippen LogP contribution in [0.15, 0.2) is 30.6 Å². The fraction of sp³-hybridized carbons (Fsp3) is 0.154. The van der Waals surface area contributed by atoms with Gasteiger partial charge in [0, 0.05) is 24.8 Å². The van der Waals surface area contributed by atoms with Crippen molar-refractivity contribution in [3.05, 3.63) is 39.9 Å². The quantitative estimate of drug-likeness (QED) is 0.767. The predicted molar refractivity (Wildman–Crippen MR) is 82.7 cm³/mol. The first-order valence-electron chi connectivity index (χ1n) is 6.28. The van der Waals surface area contributed by atoms with Crippen molar-refractivity contribution in [2.75, 3.05) is 13.1 Å². The third-order valence-corrected chi connectivity index (χ3v) is 4.14. The molecule has 108 valence electrons. The van der Waals surface area contributed by atoms with E-state index < -0.39 is 0 Å². The lowest BCUT2D eigenvalue weighted by molar-refractivity contribution is 0.0954. The molecule has 21 heavy (non-hydrogen) atoms. The number of amides is 1. The molecule has 0 aliphatic carbocycles. The van der Waals surface area contributed by atoms with E-state index in [0.717, 1.165) is 22.4 Å². The second-order valence-corrected chi connectivity index (χ2v) is 5.88. The standard InChI is InChI=1S/C13H12ClN5OS/c14-11-10(18-13(21-11)12(20)16-5-4-15)8-7-17-19-6-2-1-3-9(8)19/h1-3,6-7H,4-5,15H2,(H,16,20). The molecule has 0 saturated carbocycles. The Morgan fingerprint density at radius 3 is 3.14 bits per heavy atom. The molecule has 0 aromatic carbocycles. The van der Waals surface area contributed by atoms with Crippen LogP contribution in [0.4, 0.5) is 0 Å². The second kappa shape index (κ2) is 5.80. The number of nitrogens with one attached hydrogen (secondary N) is 1. The Morgan fingerprint density at radius 2 is 2.33 bits per heavy atom. The highest BCUT2D eigenvalue weighted by Crippen LogP contribution is 2.34. The normalized spacial score (nSPS) is 11.0. The fourth-order valence-electron chi connectivity index (χ4n) is 1.94. The fourth-order valence-corrected chi connectivity index (χ4v) is 3.03. The highest BCUT2D eigenvalue weighted by Gasteiger charge is 2.19. The average molecular weight is 322 g/mol. The number of carbonyl (C=O) groups is 1. The third kappa shape index (κ3) is 2.63. The predicted octanol–water partition coefficient (Wildman–Crippen LogP) is 1.80. The number of rotatable bonds is 4. The van der Waals surface area contributed by atoms with Crippen LogP contribution in [0.2, 0.25) is 4.34 Å². The summed E-state index contributed by atoms with van der Waals surface area (Å²) in [6.45, 7) is 0.786. The van der Waals surface area contributed by atoms with E-state index in [1.807, 2.05) is 24.4 Å². The van der Waals surface area contributed by atoms with Crippen molar-refractivity contribution in [3.8, 4) is 11.3 Å². The van der Waals surface area contributed by atoms with Crippen LogP contribution < -0.4 is 11.1 Å². The van der Waals surface area contributed by atoms with E-state index >= 15 is 0 Å². The summed E-state index contributed by atoms with van der Waals surface area (Å²) in [5.41, 5.74) is 7.62. The zero-order valence-electron chi connectivity index (χ0n) is 10.9. The number of hydrogen-bond acceptors (Lipinski definition) is 5. The molecule has 0 saturated heterocycles. The van der Waals surface area contributed by atoms with Crippen molar-refractivity contribution in [3.63, 3.8) is 0 Å². The monoisotopic (exact) mass is 321 g/mol. The van der Waals surface area contributed by atoms with Crippen LogP contribution in [0.3, 0.4) is 0 Å². The maximum absolute atomic E-state index is 11.9. The Morgan fingerprint density at radius 1 is 1.48 bits per heavy atom. The number of fused-ring (bicyclic) bond motifs is 1. The zero-order valence-corrected chi connectivity index (χ0v) is 12.5. The molecule has 0 spiro atoms. The lowest BCUT2D eigenvalue weighted by Crippen LogP contribution is -2.28. The molecule has 3 aromatic heterocycles. The molecule has 3 N–H and O–H groups in total. The Kier molecular flexibility index (Phi) is 3.87. The van der Waals surface area contributed by atoms with E-state index in [1.54, 1.807) is 10.7 Å². The van der Waals surface area contributed by atoms with E-state index in [2.05, 4.69) is 15.4 Å². The number of carbonyl (C=O) groups excluding carboxylic acids is 1. The van der Waals surface area contributed by atoms with E-state index in [4.69, 9.17) is 17.3 Å². The van der Waals surface area contributed by atoms with Gasteiger partial charge in [-0.2, -0.15) is 5.10 Å². The van der Waals surface area contributed by atoms with Gasteiger partial charge in [0.05, 0.1) is 11.7 Å². The summed E-state index contributed by atoms with van der Waals surface area (Å²) in [5.74, 6) is -0.268. The minimum Gasteiger partial charge on any atom is -0.349 e. The zero-order chi connectivity index (χ0) is 14.8. The maximum atomic E-state index is 11.9. The van der Waals surface area contributed by atoms with E-state index in [1.165, 1.54) is 0 Å². The highest BCUT2D eigenvalue weighted by molar-refractivity contribution is 7.18. The minimum absolute atomic E-state index is 0.268. The van der Waals surface area contributed by atoms with Crippen molar-refractivity contribution in [1.82, 2.24) is 19.9 Å². The van der Waals surface area contributed by atoms with Gasteiger partial charge in [0.2, 0.25) is 0 Å². The first kappa shape index (κ1) is 14.0. The SMILES string of the molecule is NCCNC(=O)c1nc(-c2cnn3ccccc23)c(Cl)s1. The second-order valence-electron chi connectivity index (χ2n) is 4.27. The summed E-state index contributed by atoms with van der Waals surface area (Å²) in [6, 6.07) is 5.72. The molecule has 6 nitrogen and oxygen atoms in total. The van der Waals surface area contributed by atoms with Crippen molar-refractivity contribution in [1.29, 1.82) is 0 Å². The Labute approximate surface area is 129 Å². The average Bonchev–Trinajstić information content (AvgIpc) is 3.08. The number of halogens is 1. The largest absolute Gasteiger partial charge is 0.349 e. The number of nitrogens with two attached hydrogens (primary N) is 1. The lowest BCUT2D eigenvalue weighted by atomic mass is 10.2. The highest BCUT2D eigenvalue weighted by atomic mass is 35.5. The van der Waals surface area contributed by atoms with Crippen molar-refractivity contribution in [2.24, 2.45) is 5.73 Å². The summed E-state index contributed by atoms with van der Waals surface area (Å²) >= 11 is 7.37. The first-order valence-corrected chi connectivity index (χ1v) is 7.47. The van der Waals surface area contributed by atoms with Crippen LogP contribution >= 0.6 is 22.9 Å². The number of hydrogen-bond donors (Lipinski definition) is 2. The molecule has 0 radical (unpaired) electrons. The van der Waals surface area contributed by atoms with Crippen molar-refractivity contribution < 1.29 is 4.79 Å². The molecule has 0 bridgehead atoms. The topological polar surface area (TPSA) is 85.3 Å². The summed E-state index contributed by atoms with van der Waals surface area (Å²) < 4.78 is 2.20. The minimum atomic E-state index is -0.268. The van der Waals surface area contributed by atoms with Gasteiger partial charge < -0.3 is 11.1 Å². The Bertz CT molecular complexity index is 797. The number of pyridine rings is 1. The summed E-state index contributed by atoms with van der Waals surface area (Å²) in [5, 5.41) is 7.24. The molecule has 8 heteroatoms. The van der Waals surface area contributed by atoms with Gasteiger partial charge in [0.25, 0.3) is 5.91 Å². The van der Waals surface area contributed by atoms with Crippen LogP contribution in [0.5, 0.6) is 0 Å². The molecule has 1 amide bonds. The van der Waals surface area contributed by atoms with Crippen LogP contribution in [0.25, 0.3) is 16.8 Å².